The van der Waals surface area contributed by atoms with Crippen LogP contribution in [-0.2, 0) is 21.4 Å². The maximum Gasteiger partial charge on any atom is 0.228 e. The summed E-state index contributed by atoms with van der Waals surface area (Å²) in [7, 11) is -3.29. The number of pyridine rings is 1. The van der Waals surface area contributed by atoms with E-state index in [0.29, 0.717) is 43.9 Å². The normalized spacial score (nSPS) is 17.6. The summed E-state index contributed by atoms with van der Waals surface area (Å²) in [6.07, 6.45) is 3.65. The van der Waals surface area contributed by atoms with Gasteiger partial charge in [-0.05, 0) is 43.5 Å². The Kier molecular flexibility index (Phi) is 7.22. The molecule has 29 heavy (non-hydrogen) atoms. The first-order valence-electron chi connectivity index (χ1n) is 9.89. The fourth-order valence-electron chi connectivity index (χ4n) is 3.34. The second-order valence-corrected chi connectivity index (χ2v) is 9.23. The fraction of sp³-hybridized carbons (Fsp3) is 0.429. The highest BCUT2D eigenvalue weighted by atomic mass is 32.2. The highest BCUT2D eigenvalue weighted by molar-refractivity contribution is 7.89. The Hall–Kier alpha value is -2.45. The molecular formula is C21H27N3O4S. The van der Waals surface area contributed by atoms with Crippen LogP contribution >= 0.6 is 0 Å². The van der Waals surface area contributed by atoms with Gasteiger partial charge < -0.3 is 10.1 Å². The van der Waals surface area contributed by atoms with Gasteiger partial charge in [0.25, 0.3) is 0 Å². The van der Waals surface area contributed by atoms with Crippen LogP contribution in [0.1, 0.15) is 31.9 Å². The van der Waals surface area contributed by atoms with Gasteiger partial charge in [0, 0.05) is 31.0 Å². The zero-order chi connectivity index (χ0) is 20.7. The summed E-state index contributed by atoms with van der Waals surface area (Å²) in [5.74, 6) is 0.234. The molecule has 0 unspecified atom stereocenters. The van der Waals surface area contributed by atoms with Crippen molar-refractivity contribution in [1.29, 1.82) is 0 Å². The van der Waals surface area contributed by atoms with Crippen LogP contribution in [-0.4, -0.2) is 42.5 Å². The minimum absolute atomic E-state index is 0.122. The Morgan fingerprint density at radius 1 is 1.28 bits per heavy atom. The highest BCUT2D eigenvalue weighted by Crippen LogP contribution is 2.23. The van der Waals surface area contributed by atoms with Crippen molar-refractivity contribution in [3.05, 3.63) is 54.4 Å². The van der Waals surface area contributed by atoms with Gasteiger partial charge in [0.15, 0.2) is 0 Å². The number of carbonyl (C=O) groups is 1. The zero-order valence-electron chi connectivity index (χ0n) is 16.6. The van der Waals surface area contributed by atoms with E-state index in [1.165, 1.54) is 4.31 Å². The van der Waals surface area contributed by atoms with E-state index >= 15 is 0 Å². The van der Waals surface area contributed by atoms with Crippen molar-refractivity contribution < 1.29 is 17.9 Å². The number of sulfonamides is 1. The number of hydrogen-bond acceptors (Lipinski definition) is 5. The molecular weight excluding hydrogens is 390 g/mol. The molecule has 156 valence electrons. The predicted molar refractivity (Wildman–Crippen MR) is 112 cm³/mol. The second-order valence-electron chi connectivity index (χ2n) is 7.14. The molecule has 1 aromatic heterocycles. The van der Waals surface area contributed by atoms with Gasteiger partial charge in [0.2, 0.25) is 15.9 Å². The first-order chi connectivity index (χ1) is 14.0. The molecule has 2 aromatic rings. The number of benzene rings is 1. The number of nitrogens with one attached hydrogen (secondary N) is 1. The molecule has 2 heterocycles. The molecule has 1 atom stereocenters. The number of hydrogen-bond donors (Lipinski definition) is 1. The van der Waals surface area contributed by atoms with Crippen LogP contribution in [0.5, 0.6) is 5.75 Å². The minimum atomic E-state index is -3.29. The Morgan fingerprint density at radius 2 is 2.14 bits per heavy atom. The Labute approximate surface area is 172 Å². The quantitative estimate of drug-likeness (QED) is 0.713. The van der Waals surface area contributed by atoms with Crippen LogP contribution in [0.4, 0.5) is 5.69 Å². The fourth-order valence-corrected chi connectivity index (χ4v) is 4.93. The van der Waals surface area contributed by atoms with Crippen LogP contribution in [0.3, 0.4) is 0 Å². The number of nitrogens with zero attached hydrogens (tertiary/aromatic N) is 2. The summed E-state index contributed by atoms with van der Waals surface area (Å²) in [5, 5.41) is 2.90. The van der Waals surface area contributed by atoms with E-state index in [1.807, 2.05) is 37.3 Å². The molecule has 1 saturated heterocycles. The summed E-state index contributed by atoms with van der Waals surface area (Å²) in [4.78, 5) is 16.9. The van der Waals surface area contributed by atoms with Gasteiger partial charge >= 0.3 is 0 Å². The van der Waals surface area contributed by atoms with Crippen LogP contribution < -0.4 is 10.1 Å². The Morgan fingerprint density at radius 3 is 2.90 bits per heavy atom. The standard InChI is InChI=1S/C21H27N3O4S/c1-2-13-29(26,27)24-12-6-7-17(15-24)21(25)23-18-9-5-10-20(14-18)28-16-19-8-3-4-11-22-19/h3-5,8-11,14,17H,2,6-7,12-13,15-16H2,1H3,(H,23,25)/t17-/m0/s1. The van der Waals surface area contributed by atoms with E-state index in [1.54, 1.807) is 18.3 Å². The topological polar surface area (TPSA) is 88.6 Å². The molecule has 1 aromatic carbocycles. The van der Waals surface area contributed by atoms with Crippen LogP contribution in [0.15, 0.2) is 48.7 Å². The van der Waals surface area contributed by atoms with Gasteiger partial charge in [0.05, 0.1) is 17.4 Å². The summed E-state index contributed by atoms with van der Waals surface area (Å²) >= 11 is 0. The molecule has 1 N–H and O–H groups in total. The number of ether oxygens (including phenoxy) is 1. The maximum absolute atomic E-state index is 12.7. The average Bonchev–Trinajstić information content (AvgIpc) is 2.73. The third-order valence-electron chi connectivity index (χ3n) is 4.82. The summed E-state index contributed by atoms with van der Waals surface area (Å²) in [5.41, 5.74) is 1.44. The van der Waals surface area contributed by atoms with Crippen molar-refractivity contribution in [1.82, 2.24) is 9.29 Å². The lowest BCUT2D eigenvalue weighted by Crippen LogP contribution is -2.44. The first-order valence-corrected chi connectivity index (χ1v) is 11.5. The van der Waals surface area contributed by atoms with Gasteiger partial charge in [-0.2, -0.15) is 0 Å². The van der Waals surface area contributed by atoms with Crippen molar-refractivity contribution in [2.45, 2.75) is 32.8 Å². The average molecular weight is 418 g/mol. The number of piperidine rings is 1. The van der Waals surface area contributed by atoms with Crippen LogP contribution in [0.25, 0.3) is 0 Å². The van der Waals surface area contributed by atoms with E-state index in [0.717, 1.165) is 5.69 Å². The molecule has 8 heteroatoms. The summed E-state index contributed by atoms with van der Waals surface area (Å²) < 4.78 is 31.8. The van der Waals surface area contributed by atoms with Crippen molar-refractivity contribution in [2.75, 3.05) is 24.2 Å². The van der Waals surface area contributed by atoms with Crippen molar-refractivity contribution in [2.24, 2.45) is 5.92 Å². The van der Waals surface area contributed by atoms with Crippen LogP contribution in [0, 0.1) is 5.92 Å². The van der Waals surface area contributed by atoms with Gasteiger partial charge in [-0.3, -0.25) is 9.78 Å². The van der Waals surface area contributed by atoms with Gasteiger partial charge in [-0.15, -0.1) is 0 Å². The first kappa shape index (κ1) is 21.3. The molecule has 1 aliphatic rings. The Bertz CT molecular complexity index is 919. The Balaban J connectivity index is 1.58. The summed E-state index contributed by atoms with van der Waals surface area (Å²) in [6.45, 7) is 2.91. The van der Waals surface area contributed by atoms with E-state index in [9.17, 15) is 13.2 Å². The van der Waals surface area contributed by atoms with Crippen molar-refractivity contribution in [3.8, 4) is 5.75 Å². The SMILES string of the molecule is CCCS(=O)(=O)N1CCC[C@H](C(=O)Nc2cccc(OCc3ccccn3)c2)C1. The molecule has 1 fully saturated rings. The lowest BCUT2D eigenvalue weighted by Gasteiger charge is -2.31. The number of carbonyl (C=O) groups excluding carboxylic acids is 1. The number of amides is 1. The third-order valence-corrected chi connectivity index (χ3v) is 6.87. The maximum atomic E-state index is 12.7. The molecule has 0 spiro atoms. The largest absolute Gasteiger partial charge is 0.487 e. The lowest BCUT2D eigenvalue weighted by molar-refractivity contribution is -0.120. The molecule has 0 aliphatic carbocycles. The third kappa shape index (κ3) is 6.01. The molecule has 1 amide bonds. The van der Waals surface area contributed by atoms with E-state index in [-0.39, 0.29) is 24.1 Å². The summed E-state index contributed by atoms with van der Waals surface area (Å²) in [6, 6.07) is 12.8. The predicted octanol–water partition coefficient (Wildman–Crippen LogP) is 3.05. The number of rotatable bonds is 8. The van der Waals surface area contributed by atoms with Gasteiger partial charge in [0.1, 0.15) is 12.4 Å². The number of anilines is 1. The second kappa shape index (κ2) is 9.84. The molecule has 0 bridgehead atoms. The van der Waals surface area contributed by atoms with E-state index in [2.05, 4.69) is 10.3 Å². The lowest BCUT2D eigenvalue weighted by atomic mass is 9.98. The van der Waals surface area contributed by atoms with Crippen molar-refractivity contribution in [3.63, 3.8) is 0 Å². The zero-order valence-corrected chi connectivity index (χ0v) is 17.4. The van der Waals surface area contributed by atoms with Crippen LogP contribution in [0.2, 0.25) is 0 Å². The van der Waals surface area contributed by atoms with E-state index < -0.39 is 10.0 Å². The van der Waals surface area contributed by atoms with Gasteiger partial charge in [-0.1, -0.05) is 19.1 Å². The molecule has 7 nitrogen and oxygen atoms in total. The minimum Gasteiger partial charge on any atom is -0.487 e. The molecule has 0 radical (unpaired) electrons. The monoisotopic (exact) mass is 417 g/mol. The highest BCUT2D eigenvalue weighted by Gasteiger charge is 2.31. The van der Waals surface area contributed by atoms with E-state index in [4.69, 9.17) is 4.74 Å². The molecule has 0 saturated carbocycles. The van der Waals surface area contributed by atoms with Gasteiger partial charge in [-0.25, -0.2) is 12.7 Å². The number of aromatic nitrogens is 1. The smallest absolute Gasteiger partial charge is 0.228 e. The molecule has 1 aliphatic heterocycles. The molecule has 3 rings (SSSR count). The van der Waals surface area contributed by atoms with Crippen molar-refractivity contribution >= 4 is 21.6 Å².